The number of hydrogen-bond donors (Lipinski definition) is 0. The predicted octanol–water partition coefficient (Wildman–Crippen LogP) is 4.34. The maximum atomic E-state index is 12.9. The quantitative estimate of drug-likeness (QED) is 0.656. The van der Waals surface area contributed by atoms with Gasteiger partial charge in [-0.15, -0.1) is 0 Å². The van der Waals surface area contributed by atoms with Crippen molar-refractivity contribution < 1.29 is 4.79 Å². The minimum Gasteiger partial charge on any atom is -0.353 e. The molecule has 5 heteroatoms. The topological polar surface area (TPSA) is 49.3 Å². The second-order valence-electron chi connectivity index (χ2n) is 8.04. The molecule has 0 atom stereocenters. The molecule has 0 radical (unpaired) electrons. The largest absolute Gasteiger partial charge is 0.353 e. The summed E-state index contributed by atoms with van der Waals surface area (Å²) in [5, 5.41) is 0. The van der Waals surface area contributed by atoms with Crippen LogP contribution in [0.5, 0.6) is 0 Å². The van der Waals surface area contributed by atoms with E-state index in [1.165, 1.54) is 5.56 Å². The van der Waals surface area contributed by atoms with Crippen LogP contribution in [0, 0.1) is 27.7 Å². The van der Waals surface area contributed by atoms with Gasteiger partial charge in [-0.3, -0.25) is 4.79 Å². The van der Waals surface area contributed by atoms with Crippen molar-refractivity contribution in [2.75, 3.05) is 31.1 Å². The third kappa shape index (κ3) is 3.92. The van der Waals surface area contributed by atoms with E-state index in [0.29, 0.717) is 13.1 Å². The molecular formula is C25H28N4O. The Bertz CT molecular complexity index is 1080. The lowest BCUT2D eigenvalue weighted by Crippen LogP contribution is -2.49. The molecule has 2 heterocycles. The van der Waals surface area contributed by atoms with Crippen molar-refractivity contribution in [2.45, 2.75) is 27.7 Å². The summed E-state index contributed by atoms with van der Waals surface area (Å²) in [4.78, 5) is 26.8. The molecule has 0 bridgehead atoms. The lowest BCUT2D eigenvalue weighted by molar-refractivity contribution is 0.0745. The number of amides is 1. The summed E-state index contributed by atoms with van der Waals surface area (Å²) < 4.78 is 0. The van der Waals surface area contributed by atoms with Gasteiger partial charge < -0.3 is 9.80 Å². The fourth-order valence-corrected chi connectivity index (χ4v) is 3.94. The number of hydrogen-bond acceptors (Lipinski definition) is 4. The van der Waals surface area contributed by atoms with Crippen LogP contribution in [0.15, 0.2) is 48.5 Å². The van der Waals surface area contributed by atoms with Crippen LogP contribution in [0.4, 0.5) is 5.82 Å². The van der Waals surface area contributed by atoms with Crippen molar-refractivity contribution in [3.05, 3.63) is 76.5 Å². The van der Waals surface area contributed by atoms with Crippen molar-refractivity contribution in [3.63, 3.8) is 0 Å². The van der Waals surface area contributed by atoms with E-state index in [9.17, 15) is 4.79 Å². The van der Waals surface area contributed by atoms with Crippen molar-refractivity contribution in [2.24, 2.45) is 0 Å². The second kappa shape index (κ2) is 8.27. The summed E-state index contributed by atoms with van der Waals surface area (Å²) in [6.45, 7) is 11.1. The molecule has 0 aliphatic carbocycles. The van der Waals surface area contributed by atoms with Gasteiger partial charge in [-0.25, -0.2) is 9.97 Å². The number of carbonyl (C=O) groups excluding carboxylic acids is 1. The molecule has 5 nitrogen and oxygen atoms in total. The van der Waals surface area contributed by atoms with Crippen LogP contribution in [0.1, 0.15) is 32.7 Å². The number of piperazine rings is 1. The number of rotatable bonds is 3. The highest BCUT2D eigenvalue weighted by atomic mass is 16.2. The number of nitrogens with zero attached hydrogens (tertiary/aromatic N) is 4. The highest BCUT2D eigenvalue weighted by Gasteiger charge is 2.25. The first-order valence-corrected chi connectivity index (χ1v) is 10.5. The van der Waals surface area contributed by atoms with E-state index in [0.717, 1.165) is 52.7 Å². The molecule has 1 saturated heterocycles. The van der Waals surface area contributed by atoms with E-state index in [1.54, 1.807) is 0 Å². The van der Waals surface area contributed by atoms with Crippen LogP contribution in [0.2, 0.25) is 0 Å². The normalized spacial score (nSPS) is 14.1. The molecule has 1 aromatic heterocycles. The smallest absolute Gasteiger partial charge is 0.254 e. The van der Waals surface area contributed by atoms with Crippen LogP contribution in [0.25, 0.3) is 11.4 Å². The van der Waals surface area contributed by atoms with Gasteiger partial charge in [0.1, 0.15) is 5.82 Å². The highest BCUT2D eigenvalue weighted by Crippen LogP contribution is 2.26. The van der Waals surface area contributed by atoms with Crippen molar-refractivity contribution in [1.82, 2.24) is 14.9 Å². The Morgan fingerprint density at radius 3 is 2.30 bits per heavy atom. The van der Waals surface area contributed by atoms with Crippen molar-refractivity contribution in [1.29, 1.82) is 0 Å². The lowest BCUT2D eigenvalue weighted by atomic mass is 10.1. The van der Waals surface area contributed by atoms with Gasteiger partial charge >= 0.3 is 0 Å². The van der Waals surface area contributed by atoms with Gasteiger partial charge in [0.2, 0.25) is 0 Å². The summed E-state index contributed by atoms with van der Waals surface area (Å²) in [6.07, 6.45) is 0. The monoisotopic (exact) mass is 400 g/mol. The van der Waals surface area contributed by atoms with Crippen molar-refractivity contribution >= 4 is 11.7 Å². The summed E-state index contributed by atoms with van der Waals surface area (Å²) in [6, 6.07) is 16.1. The van der Waals surface area contributed by atoms with Crippen LogP contribution < -0.4 is 4.90 Å². The second-order valence-corrected chi connectivity index (χ2v) is 8.04. The van der Waals surface area contributed by atoms with Crippen LogP contribution in [0.3, 0.4) is 0 Å². The van der Waals surface area contributed by atoms with E-state index >= 15 is 0 Å². The van der Waals surface area contributed by atoms with E-state index < -0.39 is 0 Å². The van der Waals surface area contributed by atoms with Gasteiger partial charge in [0.25, 0.3) is 5.91 Å². The average Bonchev–Trinajstić information content (AvgIpc) is 2.75. The molecule has 2 aromatic carbocycles. The minimum absolute atomic E-state index is 0.115. The fraction of sp³-hybridized carbons (Fsp3) is 0.320. The molecule has 0 unspecified atom stereocenters. The number of aryl methyl sites for hydroxylation is 3. The van der Waals surface area contributed by atoms with Gasteiger partial charge in [0.15, 0.2) is 5.82 Å². The molecule has 154 valence electrons. The molecule has 1 fully saturated rings. The van der Waals surface area contributed by atoms with Crippen LogP contribution in [-0.4, -0.2) is 47.0 Å². The Hall–Kier alpha value is -3.21. The maximum absolute atomic E-state index is 12.9. The molecule has 1 aliphatic rings. The van der Waals surface area contributed by atoms with E-state index in [2.05, 4.69) is 36.9 Å². The first-order chi connectivity index (χ1) is 14.4. The summed E-state index contributed by atoms with van der Waals surface area (Å²) >= 11 is 0. The summed E-state index contributed by atoms with van der Waals surface area (Å²) in [5.74, 6) is 1.85. The zero-order valence-corrected chi connectivity index (χ0v) is 18.1. The highest BCUT2D eigenvalue weighted by molar-refractivity contribution is 5.95. The SMILES string of the molecule is Cc1cccc(-c2nc(C)c(C)c(N3CCN(C(=O)c4ccccc4C)CC3)n2)c1. The predicted molar refractivity (Wildman–Crippen MR) is 121 cm³/mol. The number of aromatic nitrogens is 2. The Balaban J connectivity index is 1.55. The van der Waals surface area contributed by atoms with Gasteiger partial charge in [-0.05, 0) is 45.4 Å². The molecule has 4 rings (SSSR count). The molecule has 0 N–H and O–H groups in total. The van der Waals surface area contributed by atoms with Gasteiger partial charge in [-0.1, -0.05) is 42.0 Å². The molecule has 1 aliphatic heterocycles. The number of carbonyl (C=O) groups is 1. The van der Waals surface area contributed by atoms with E-state index in [-0.39, 0.29) is 5.91 Å². The number of anilines is 1. The maximum Gasteiger partial charge on any atom is 0.254 e. The Morgan fingerprint density at radius 2 is 1.60 bits per heavy atom. The first kappa shape index (κ1) is 20.1. The zero-order valence-electron chi connectivity index (χ0n) is 18.1. The zero-order chi connectivity index (χ0) is 21.3. The van der Waals surface area contributed by atoms with E-state index in [1.807, 2.05) is 49.1 Å². The third-order valence-corrected chi connectivity index (χ3v) is 5.88. The van der Waals surface area contributed by atoms with Crippen LogP contribution in [-0.2, 0) is 0 Å². The van der Waals surface area contributed by atoms with Crippen LogP contribution >= 0.6 is 0 Å². The molecule has 0 spiro atoms. The third-order valence-electron chi connectivity index (χ3n) is 5.88. The Labute approximate surface area is 178 Å². The first-order valence-electron chi connectivity index (χ1n) is 10.5. The van der Waals surface area contributed by atoms with Gasteiger partial charge in [0.05, 0.1) is 0 Å². The fourth-order valence-electron chi connectivity index (χ4n) is 3.94. The van der Waals surface area contributed by atoms with Gasteiger partial charge in [-0.2, -0.15) is 0 Å². The number of benzene rings is 2. The minimum atomic E-state index is 0.115. The molecule has 30 heavy (non-hydrogen) atoms. The Morgan fingerprint density at radius 1 is 0.867 bits per heavy atom. The lowest BCUT2D eigenvalue weighted by Gasteiger charge is -2.36. The summed E-state index contributed by atoms with van der Waals surface area (Å²) in [7, 11) is 0. The van der Waals surface area contributed by atoms with Crippen molar-refractivity contribution in [3.8, 4) is 11.4 Å². The molecule has 0 saturated carbocycles. The van der Waals surface area contributed by atoms with Gasteiger partial charge in [0, 0.05) is 48.6 Å². The molecule has 3 aromatic rings. The molecule has 1 amide bonds. The summed E-state index contributed by atoms with van der Waals surface area (Å²) in [5.41, 5.74) is 6.14. The standard InChI is InChI=1S/C25H28N4O/c1-17-8-7-10-21(16-17)23-26-20(4)19(3)24(27-23)28-12-14-29(15-13-28)25(30)22-11-6-5-9-18(22)2/h5-11,16H,12-15H2,1-4H3. The Kier molecular flexibility index (Phi) is 5.53. The van der Waals surface area contributed by atoms with E-state index in [4.69, 9.17) is 9.97 Å². The molecular weight excluding hydrogens is 372 g/mol. The average molecular weight is 401 g/mol.